The molecule has 6 heteroatoms. The van der Waals surface area contributed by atoms with E-state index in [9.17, 15) is 10.1 Å². The highest BCUT2D eigenvalue weighted by Gasteiger charge is 2.36. The lowest BCUT2D eigenvalue weighted by Crippen LogP contribution is -2.20. The van der Waals surface area contributed by atoms with Crippen molar-refractivity contribution in [3.8, 4) is 0 Å². The first kappa shape index (κ1) is 17.8. The summed E-state index contributed by atoms with van der Waals surface area (Å²) < 4.78 is 6.10. The van der Waals surface area contributed by atoms with Crippen LogP contribution in [-0.2, 0) is 16.3 Å². The van der Waals surface area contributed by atoms with E-state index in [1.54, 1.807) is 0 Å². The molecule has 0 heterocycles. The SMILES string of the molecule is CCCOP(=S)(c1ccccc1)C(C[N+](=O)[O-])c1ccccc1. The summed E-state index contributed by atoms with van der Waals surface area (Å²) in [6.45, 7) is 2.29. The fourth-order valence-corrected chi connectivity index (χ4v) is 6.23. The van der Waals surface area contributed by atoms with Crippen LogP contribution in [0.5, 0.6) is 0 Å². The monoisotopic (exact) mass is 349 g/mol. The molecule has 2 unspecified atom stereocenters. The first-order valence-electron chi connectivity index (χ1n) is 7.54. The fourth-order valence-electron chi connectivity index (χ4n) is 2.43. The first-order valence-corrected chi connectivity index (χ1v) is 10.3. The van der Waals surface area contributed by atoms with Gasteiger partial charge in [-0.3, -0.25) is 10.1 Å². The molecule has 2 rings (SSSR count). The molecule has 0 aliphatic rings. The van der Waals surface area contributed by atoms with Gasteiger partial charge in [0.15, 0.2) is 0 Å². The Morgan fingerprint density at radius 1 is 1.13 bits per heavy atom. The first-order chi connectivity index (χ1) is 11.1. The van der Waals surface area contributed by atoms with Crippen LogP contribution in [0.2, 0.25) is 0 Å². The van der Waals surface area contributed by atoms with E-state index in [1.165, 1.54) is 0 Å². The largest absolute Gasteiger partial charge is 0.345 e. The number of benzene rings is 2. The Balaban J connectivity index is 2.52. The molecular formula is C17H20NO3PS. The van der Waals surface area contributed by atoms with Crippen molar-refractivity contribution in [3.05, 3.63) is 76.3 Å². The third-order valence-corrected chi connectivity index (χ3v) is 8.10. The summed E-state index contributed by atoms with van der Waals surface area (Å²) in [7, 11) is 0. The highest BCUT2D eigenvalue weighted by molar-refractivity contribution is 8.16. The lowest BCUT2D eigenvalue weighted by molar-refractivity contribution is -0.480. The molecule has 0 saturated heterocycles. The molecule has 0 aliphatic carbocycles. The third-order valence-electron chi connectivity index (χ3n) is 3.52. The van der Waals surface area contributed by atoms with Gasteiger partial charge in [-0.1, -0.05) is 79.4 Å². The second-order valence-electron chi connectivity index (χ2n) is 5.21. The van der Waals surface area contributed by atoms with Crippen molar-refractivity contribution >= 4 is 23.4 Å². The van der Waals surface area contributed by atoms with E-state index < -0.39 is 11.9 Å². The average molecular weight is 349 g/mol. The van der Waals surface area contributed by atoms with E-state index in [0.717, 1.165) is 17.3 Å². The lowest BCUT2D eigenvalue weighted by atomic mass is 10.1. The van der Waals surface area contributed by atoms with Crippen molar-refractivity contribution < 1.29 is 9.45 Å². The summed E-state index contributed by atoms with van der Waals surface area (Å²) in [5.41, 5.74) is 0.440. The molecule has 0 aromatic heterocycles. The van der Waals surface area contributed by atoms with E-state index in [1.807, 2.05) is 67.6 Å². The number of hydrogen-bond donors (Lipinski definition) is 0. The smallest absolute Gasteiger partial charge is 0.217 e. The minimum atomic E-state index is -2.58. The standard InChI is InChI=1S/C17H20NO3PS/c1-2-13-21-22(23,16-11-7-4-8-12-16)17(14-18(19)20)15-9-5-3-6-10-15/h3-12,17H,2,13-14H2,1H3. The van der Waals surface area contributed by atoms with E-state index in [2.05, 4.69) is 0 Å². The van der Waals surface area contributed by atoms with Gasteiger partial charge in [-0.2, -0.15) is 0 Å². The molecule has 0 fully saturated rings. The highest BCUT2D eigenvalue weighted by Crippen LogP contribution is 2.59. The fraction of sp³-hybridized carbons (Fsp3) is 0.294. The molecule has 122 valence electrons. The normalized spacial score (nSPS) is 14.8. The van der Waals surface area contributed by atoms with Gasteiger partial charge in [-0.15, -0.1) is 0 Å². The predicted octanol–water partition coefficient (Wildman–Crippen LogP) is 4.15. The second kappa shape index (κ2) is 8.34. The lowest BCUT2D eigenvalue weighted by Gasteiger charge is -2.29. The third kappa shape index (κ3) is 4.47. The average Bonchev–Trinajstić information content (AvgIpc) is 2.59. The Kier molecular flexibility index (Phi) is 6.46. The summed E-state index contributed by atoms with van der Waals surface area (Å²) in [5.74, 6) is 0. The van der Waals surface area contributed by atoms with Crippen LogP contribution >= 0.6 is 6.26 Å². The predicted molar refractivity (Wildman–Crippen MR) is 97.6 cm³/mol. The summed E-state index contributed by atoms with van der Waals surface area (Å²) in [6.07, 6.45) is -1.76. The van der Waals surface area contributed by atoms with Gasteiger partial charge >= 0.3 is 0 Å². The summed E-state index contributed by atoms with van der Waals surface area (Å²) in [5, 5.41) is 12.1. The minimum Gasteiger partial charge on any atom is -0.345 e. The molecule has 2 aromatic carbocycles. The van der Waals surface area contributed by atoms with E-state index in [4.69, 9.17) is 16.3 Å². The van der Waals surface area contributed by atoms with Crippen LogP contribution in [0.25, 0.3) is 0 Å². The number of nitrogens with zero attached hydrogens (tertiary/aromatic N) is 1. The van der Waals surface area contributed by atoms with Crippen LogP contribution in [-0.4, -0.2) is 18.1 Å². The van der Waals surface area contributed by atoms with Crippen molar-refractivity contribution in [2.75, 3.05) is 13.2 Å². The van der Waals surface area contributed by atoms with Crippen LogP contribution in [0, 0.1) is 10.1 Å². The van der Waals surface area contributed by atoms with E-state index in [-0.39, 0.29) is 11.5 Å². The molecule has 4 nitrogen and oxygen atoms in total. The van der Waals surface area contributed by atoms with Gasteiger partial charge in [-0.05, 0) is 12.0 Å². The Bertz CT molecular complexity index is 679. The maximum Gasteiger partial charge on any atom is 0.217 e. The van der Waals surface area contributed by atoms with Crippen LogP contribution in [0.4, 0.5) is 0 Å². The maximum atomic E-state index is 11.3. The zero-order chi connectivity index (χ0) is 16.7. The number of rotatable bonds is 8. The van der Waals surface area contributed by atoms with Gasteiger partial charge in [0.05, 0.1) is 6.61 Å². The summed E-state index contributed by atoms with van der Waals surface area (Å²) in [6, 6.07) is 19.0. The molecule has 0 spiro atoms. The van der Waals surface area contributed by atoms with Gasteiger partial charge in [0.1, 0.15) is 11.9 Å². The second-order valence-corrected chi connectivity index (χ2v) is 9.43. The molecule has 0 radical (unpaired) electrons. The molecule has 0 saturated carbocycles. The Labute approximate surface area is 141 Å². The topological polar surface area (TPSA) is 52.4 Å². The summed E-state index contributed by atoms with van der Waals surface area (Å²) >= 11 is 5.94. The van der Waals surface area contributed by atoms with Crippen molar-refractivity contribution in [1.82, 2.24) is 0 Å². The number of hydrogen-bond acceptors (Lipinski definition) is 4. The number of nitro groups is 1. The van der Waals surface area contributed by atoms with Crippen molar-refractivity contribution in [2.45, 2.75) is 19.0 Å². The van der Waals surface area contributed by atoms with Gasteiger partial charge < -0.3 is 4.52 Å². The quantitative estimate of drug-likeness (QED) is 0.408. The Morgan fingerprint density at radius 3 is 2.22 bits per heavy atom. The van der Waals surface area contributed by atoms with E-state index in [0.29, 0.717) is 6.61 Å². The Morgan fingerprint density at radius 2 is 1.70 bits per heavy atom. The molecule has 2 atom stereocenters. The summed E-state index contributed by atoms with van der Waals surface area (Å²) in [4.78, 5) is 11.0. The maximum absolute atomic E-state index is 11.3. The molecule has 0 aliphatic heterocycles. The van der Waals surface area contributed by atoms with Gasteiger partial charge in [0.25, 0.3) is 0 Å². The van der Waals surface area contributed by atoms with Gasteiger partial charge in [-0.25, -0.2) is 0 Å². The molecule has 0 bridgehead atoms. The zero-order valence-corrected chi connectivity index (χ0v) is 14.7. The molecule has 0 N–H and O–H groups in total. The highest BCUT2D eigenvalue weighted by atomic mass is 32.4. The Hall–Kier alpha value is -1.55. The van der Waals surface area contributed by atoms with Gasteiger partial charge in [0, 0.05) is 10.2 Å². The van der Waals surface area contributed by atoms with Crippen molar-refractivity contribution in [1.29, 1.82) is 0 Å². The van der Waals surface area contributed by atoms with Gasteiger partial charge in [0.2, 0.25) is 6.54 Å². The van der Waals surface area contributed by atoms with Crippen LogP contribution < -0.4 is 5.30 Å². The van der Waals surface area contributed by atoms with Crippen molar-refractivity contribution in [3.63, 3.8) is 0 Å². The minimum absolute atomic E-state index is 0.222. The van der Waals surface area contributed by atoms with Crippen molar-refractivity contribution in [2.24, 2.45) is 0 Å². The van der Waals surface area contributed by atoms with Crippen LogP contribution in [0.1, 0.15) is 24.6 Å². The van der Waals surface area contributed by atoms with E-state index >= 15 is 0 Å². The molecule has 2 aromatic rings. The molecule has 23 heavy (non-hydrogen) atoms. The zero-order valence-electron chi connectivity index (χ0n) is 13.0. The van der Waals surface area contributed by atoms with Crippen LogP contribution in [0.3, 0.4) is 0 Å². The molecule has 0 amide bonds. The van der Waals surface area contributed by atoms with Crippen LogP contribution in [0.15, 0.2) is 60.7 Å². The molecular weight excluding hydrogens is 329 g/mol.